The van der Waals surface area contributed by atoms with Crippen molar-refractivity contribution in [1.82, 2.24) is 0 Å². The summed E-state index contributed by atoms with van der Waals surface area (Å²) < 4.78 is 12.8. The van der Waals surface area contributed by atoms with Crippen LogP contribution >= 0.6 is 11.3 Å². The van der Waals surface area contributed by atoms with Crippen molar-refractivity contribution >= 4 is 17.0 Å². The van der Waals surface area contributed by atoms with Crippen molar-refractivity contribution in [2.45, 2.75) is 13.3 Å². The van der Waals surface area contributed by atoms with Crippen molar-refractivity contribution in [3.63, 3.8) is 0 Å². The fourth-order valence-electron chi connectivity index (χ4n) is 1.54. The van der Waals surface area contributed by atoms with Crippen LogP contribution in [0, 0.1) is 12.7 Å². The van der Waals surface area contributed by atoms with Gasteiger partial charge in [-0.25, -0.2) is 4.39 Å². The van der Waals surface area contributed by atoms with Gasteiger partial charge >= 0.3 is 0 Å². The van der Waals surface area contributed by atoms with E-state index < -0.39 is 0 Å². The molecule has 0 bridgehead atoms. The number of nitrogens with two attached hydrogens (primary N) is 1. The highest BCUT2D eigenvalue weighted by molar-refractivity contribution is 7.10. The van der Waals surface area contributed by atoms with Gasteiger partial charge in [0.25, 0.3) is 0 Å². The maximum atomic E-state index is 12.8. The van der Waals surface area contributed by atoms with E-state index in [9.17, 15) is 4.39 Å². The van der Waals surface area contributed by atoms with Gasteiger partial charge in [-0.3, -0.25) is 0 Å². The Morgan fingerprint density at radius 2 is 2.13 bits per heavy atom. The second-order valence-corrected chi connectivity index (χ2v) is 4.70. The monoisotopic (exact) mass is 221 g/mol. The summed E-state index contributed by atoms with van der Waals surface area (Å²) in [6.07, 6.45) is 0.774. The molecule has 1 aromatic carbocycles. The second kappa shape index (κ2) is 4.03. The molecule has 0 aliphatic carbocycles. The molecule has 0 spiro atoms. The molecular weight excluding hydrogens is 209 g/mol. The molecule has 0 fully saturated rings. The number of benzene rings is 1. The first-order chi connectivity index (χ1) is 7.15. The maximum Gasteiger partial charge on any atom is 0.125 e. The molecular formula is C12H12FNS. The Balaban J connectivity index is 2.24. The molecule has 15 heavy (non-hydrogen) atoms. The summed E-state index contributed by atoms with van der Waals surface area (Å²) in [6, 6.07) is 6.70. The van der Waals surface area contributed by atoms with Gasteiger partial charge in [0.2, 0.25) is 0 Å². The third kappa shape index (κ3) is 2.36. The zero-order chi connectivity index (χ0) is 10.8. The number of thiophene rings is 1. The number of rotatable bonds is 2. The highest BCUT2D eigenvalue weighted by atomic mass is 32.1. The molecule has 0 amide bonds. The van der Waals surface area contributed by atoms with Crippen LogP contribution in [0.4, 0.5) is 10.1 Å². The topological polar surface area (TPSA) is 26.0 Å². The normalized spacial score (nSPS) is 10.5. The fourth-order valence-corrected chi connectivity index (χ4v) is 2.25. The van der Waals surface area contributed by atoms with Crippen molar-refractivity contribution in [3.05, 3.63) is 51.5 Å². The van der Waals surface area contributed by atoms with E-state index in [0.29, 0.717) is 5.69 Å². The molecule has 0 unspecified atom stereocenters. The van der Waals surface area contributed by atoms with Gasteiger partial charge in [0.15, 0.2) is 0 Å². The van der Waals surface area contributed by atoms with Crippen LogP contribution in [0.2, 0.25) is 0 Å². The average Bonchev–Trinajstić information content (AvgIpc) is 2.56. The smallest absolute Gasteiger partial charge is 0.125 e. The van der Waals surface area contributed by atoms with E-state index in [4.69, 9.17) is 5.73 Å². The summed E-state index contributed by atoms with van der Waals surface area (Å²) >= 11 is 1.72. The number of nitrogen functional groups attached to an aromatic ring is 1. The molecule has 0 radical (unpaired) electrons. The van der Waals surface area contributed by atoms with E-state index in [0.717, 1.165) is 12.0 Å². The Morgan fingerprint density at radius 3 is 2.73 bits per heavy atom. The van der Waals surface area contributed by atoms with Crippen molar-refractivity contribution in [2.24, 2.45) is 0 Å². The predicted octanol–water partition coefficient (Wildman–Crippen LogP) is 3.37. The lowest BCUT2D eigenvalue weighted by Gasteiger charge is -2.03. The van der Waals surface area contributed by atoms with Gasteiger partial charge in [-0.05, 0) is 41.6 Å². The first-order valence-electron chi connectivity index (χ1n) is 4.73. The zero-order valence-electron chi connectivity index (χ0n) is 8.46. The van der Waals surface area contributed by atoms with Gasteiger partial charge in [0, 0.05) is 17.0 Å². The van der Waals surface area contributed by atoms with Crippen LogP contribution in [0.15, 0.2) is 29.6 Å². The van der Waals surface area contributed by atoms with Crippen molar-refractivity contribution in [2.75, 3.05) is 5.73 Å². The van der Waals surface area contributed by atoms with E-state index in [1.165, 1.54) is 22.6 Å². The van der Waals surface area contributed by atoms with Crippen LogP contribution in [-0.4, -0.2) is 0 Å². The lowest BCUT2D eigenvalue weighted by Crippen LogP contribution is -1.95. The molecule has 78 valence electrons. The standard InChI is InChI=1S/C12H12FNS/c1-8-4-9(7-15-8)5-10-2-3-11(13)6-12(10)14/h2-4,6-7H,5,14H2,1H3. The molecule has 0 aliphatic rings. The molecule has 2 N–H and O–H groups in total. The minimum atomic E-state index is -0.280. The number of hydrogen-bond donors (Lipinski definition) is 1. The Bertz CT molecular complexity index is 476. The first-order valence-corrected chi connectivity index (χ1v) is 5.61. The van der Waals surface area contributed by atoms with Gasteiger partial charge in [-0.15, -0.1) is 11.3 Å². The van der Waals surface area contributed by atoms with Crippen LogP contribution in [0.3, 0.4) is 0 Å². The van der Waals surface area contributed by atoms with Crippen LogP contribution in [0.25, 0.3) is 0 Å². The molecule has 0 saturated heterocycles. The van der Waals surface area contributed by atoms with Crippen LogP contribution in [0.1, 0.15) is 16.0 Å². The van der Waals surface area contributed by atoms with Crippen molar-refractivity contribution in [3.8, 4) is 0 Å². The van der Waals surface area contributed by atoms with E-state index in [1.807, 2.05) is 0 Å². The highest BCUT2D eigenvalue weighted by Crippen LogP contribution is 2.21. The molecule has 3 heteroatoms. The Morgan fingerprint density at radius 1 is 1.33 bits per heavy atom. The minimum absolute atomic E-state index is 0.280. The summed E-state index contributed by atoms with van der Waals surface area (Å²) in [5, 5.41) is 2.11. The molecule has 1 aromatic heterocycles. The quantitative estimate of drug-likeness (QED) is 0.773. The number of halogens is 1. The van der Waals surface area contributed by atoms with E-state index in [-0.39, 0.29) is 5.82 Å². The number of hydrogen-bond acceptors (Lipinski definition) is 2. The summed E-state index contributed by atoms with van der Waals surface area (Å²) in [4.78, 5) is 1.28. The lowest BCUT2D eigenvalue weighted by atomic mass is 10.1. The molecule has 0 atom stereocenters. The van der Waals surface area contributed by atoms with Gasteiger partial charge in [0.05, 0.1) is 0 Å². The third-order valence-electron chi connectivity index (χ3n) is 2.29. The summed E-state index contributed by atoms with van der Waals surface area (Å²) in [5.74, 6) is -0.280. The SMILES string of the molecule is Cc1cc(Cc2ccc(F)cc2N)cs1. The average molecular weight is 221 g/mol. The molecule has 2 rings (SSSR count). The summed E-state index contributed by atoms with van der Waals surface area (Å²) in [6.45, 7) is 2.07. The maximum absolute atomic E-state index is 12.8. The van der Waals surface area contributed by atoms with Gasteiger partial charge < -0.3 is 5.73 Å². The van der Waals surface area contributed by atoms with Gasteiger partial charge in [0.1, 0.15) is 5.82 Å². The molecule has 0 saturated carbocycles. The van der Waals surface area contributed by atoms with Crippen molar-refractivity contribution < 1.29 is 4.39 Å². The minimum Gasteiger partial charge on any atom is -0.398 e. The van der Waals surface area contributed by atoms with Crippen LogP contribution < -0.4 is 5.73 Å². The number of anilines is 1. The van der Waals surface area contributed by atoms with Gasteiger partial charge in [-0.2, -0.15) is 0 Å². The number of aryl methyl sites for hydroxylation is 1. The van der Waals surface area contributed by atoms with E-state index in [1.54, 1.807) is 17.4 Å². The predicted molar refractivity (Wildman–Crippen MR) is 62.7 cm³/mol. The fraction of sp³-hybridized carbons (Fsp3) is 0.167. The summed E-state index contributed by atoms with van der Waals surface area (Å²) in [5.41, 5.74) is 8.48. The zero-order valence-corrected chi connectivity index (χ0v) is 9.27. The Kier molecular flexibility index (Phi) is 2.73. The lowest BCUT2D eigenvalue weighted by molar-refractivity contribution is 0.628. The van der Waals surface area contributed by atoms with E-state index in [2.05, 4.69) is 18.4 Å². The van der Waals surface area contributed by atoms with Crippen molar-refractivity contribution in [1.29, 1.82) is 0 Å². The largest absolute Gasteiger partial charge is 0.398 e. The van der Waals surface area contributed by atoms with Gasteiger partial charge in [-0.1, -0.05) is 6.07 Å². The molecule has 0 aliphatic heterocycles. The van der Waals surface area contributed by atoms with E-state index >= 15 is 0 Å². The van der Waals surface area contributed by atoms with Crippen LogP contribution in [-0.2, 0) is 6.42 Å². The first kappa shape index (κ1) is 10.2. The summed E-state index contributed by atoms with van der Waals surface area (Å²) in [7, 11) is 0. The third-order valence-corrected chi connectivity index (χ3v) is 3.20. The molecule has 1 heterocycles. The molecule has 1 nitrogen and oxygen atoms in total. The highest BCUT2D eigenvalue weighted by Gasteiger charge is 2.03. The van der Waals surface area contributed by atoms with Crippen LogP contribution in [0.5, 0.6) is 0 Å². The second-order valence-electron chi connectivity index (χ2n) is 3.59. The Labute approximate surface area is 92.4 Å². The molecule has 2 aromatic rings. The Hall–Kier alpha value is -1.35.